The maximum atomic E-state index is 12.6. The summed E-state index contributed by atoms with van der Waals surface area (Å²) in [6.45, 7) is 0. The van der Waals surface area contributed by atoms with Crippen LogP contribution in [0.3, 0.4) is 0 Å². The number of Topliss-reactive ketones (excluding diaryl/α,β-unsaturated/α-hetero) is 2. The fraction of sp³-hybridized carbons (Fsp3) is 0.222. The quantitative estimate of drug-likeness (QED) is 0.885. The maximum Gasteiger partial charge on any atom is 0.169 e. The lowest BCUT2D eigenvalue weighted by Gasteiger charge is -2.28. The zero-order valence-corrected chi connectivity index (χ0v) is 12.2. The lowest BCUT2D eigenvalue weighted by molar-refractivity contribution is 0.0567. The minimum absolute atomic E-state index is 0.0308. The first-order valence-electron chi connectivity index (χ1n) is 7.10. The Hall–Kier alpha value is -2.46. The van der Waals surface area contributed by atoms with E-state index in [1.165, 1.54) is 0 Å². The molecule has 4 heteroatoms. The van der Waals surface area contributed by atoms with E-state index in [9.17, 15) is 14.7 Å². The van der Waals surface area contributed by atoms with Crippen molar-refractivity contribution in [1.82, 2.24) is 0 Å². The van der Waals surface area contributed by atoms with E-state index in [4.69, 9.17) is 4.74 Å². The highest BCUT2D eigenvalue weighted by Gasteiger charge is 2.37. The fourth-order valence-electron chi connectivity index (χ4n) is 2.85. The summed E-state index contributed by atoms with van der Waals surface area (Å²) in [5, 5.41) is 10.5. The molecular formula is C18H16O4. The van der Waals surface area contributed by atoms with Crippen LogP contribution in [0.4, 0.5) is 0 Å². The van der Waals surface area contributed by atoms with Crippen molar-refractivity contribution in [3.8, 4) is 5.75 Å². The number of fused-ring (bicyclic) bond motifs is 1. The molecule has 112 valence electrons. The first-order valence-corrected chi connectivity index (χ1v) is 7.10. The number of carbonyl (C=O) groups is 2. The van der Waals surface area contributed by atoms with Gasteiger partial charge in [-0.1, -0.05) is 24.3 Å². The molecule has 0 unspecified atom stereocenters. The van der Waals surface area contributed by atoms with Crippen LogP contribution in [0.1, 0.15) is 38.8 Å². The number of carbonyl (C=O) groups excluding carboxylic acids is 2. The maximum absolute atomic E-state index is 12.6. The van der Waals surface area contributed by atoms with Gasteiger partial charge in [0, 0.05) is 17.5 Å². The smallest absolute Gasteiger partial charge is 0.169 e. The van der Waals surface area contributed by atoms with E-state index in [-0.39, 0.29) is 18.0 Å². The van der Waals surface area contributed by atoms with Gasteiger partial charge in [-0.15, -0.1) is 0 Å². The second-order valence-electron chi connectivity index (χ2n) is 5.36. The Balaban J connectivity index is 1.92. The highest BCUT2D eigenvalue weighted by atomic mass is 16.5. The van der Waals surface area contributed by atoms with Crippen LogP contribution in [0.2, 0.25) is 0 Å². The third-order valence-corrected chi connectivity index (χ3v) is 4.08. The van der Waals surface area contributed by atoms with Crippen molar-refractivity contribution < 1.29 is 19.4 Å². The number of benzene rings is 2. The van der Waals surface area contributed by atoms with E-state index in [0.29, 0.717) is 22.4 Å². The van der Waals surface area contributed by atoms with Gasteiger partial charge in [0.05, 0.1) is 19.1 Å². The average molecular weight is 296 g/mol. The van der Waals surface area contributed by atoms with Gasteiger partial charge in [-0.25, -0.2) is 0 Å². The molecule has 0 amide bonds. The normalized spacial score (nSPS) is 20.4. The number of methoxy groups -OCH3 is 1. The molecule has 0 spiro atoms. The van der Waals surface area contributed by atoms with Crippen LogP contribution in [0.5, 0.6) is 5.75 Å². The summed E-state index contributed by atoms with van der Waals surface area (Å²) >= 11 is 0. The van der Waals surface area contributed by atoms with Crippen LogP contribution in [0, 0.1) is 5.92 Å². The SMILES string of the molecule is COc1ccc(C(=O)[C@H]2CC(=O)c3ccccc3[C@@H]2O)cc1. The molecule has 0 aliphatic heterocycles. The van der Waals surface area contributed by atoms with E-state index < -0.39 is 12.0 Å². The minimum atomic E-state index is -0.955. The van der Waals surface area contributed by atoms with Crippen LogP contribution >= 0.6 is 0 Å². The fourth-order valence-corrected chi connectivity index (χ4v) is 2.85. The van der Waals surface area contributed by atoms with E-state index in [2.05, 4.69) is 0 Å². The zero-order chi connectivity index (χ0) is 15.7. The number of ketones is 2. The Morgan fingerprint density at radius 1 is 1.14 bits per heavy atom. The van der Waals surface area contributed by atoms with Crippen molar-refractivity contribution in [2.24, 2.45) is 5.92 Å². The van der Waals surface area contributed by atoms with Crippen LogP contribution in [-0.2, 0) is 0 Å². The second kappa shape index (κ2) is 5.73. The summed E-state index contributed by atoms with van der Waals surface area (Å²) in [6.07, 6.45) is -0.924. The molecule has 0 bridgehead atoms. The van der Waals surface area contributed by atoms with Gasteiger partial charge in [-0.3, -0.25) is 9.59 Å². The zero-order valence-electron chi connectivity index (χ0n) is 12.2. The van der Waals surface area contributed by atoms with E-state index in [1.54, 1.807) is 55.6 Å². The first kappa shape index (κ1) is 14.5. The van der Waals surface area contributed by atoms with Crippen molar-refractivity contribution in [3.05, 3.63) is 65.2 Å². The van der Waals surface area contributed by atoms with Crippen molar-refractivity contribution in [2.75, 3.05) is 7.11 Å². The van der Waals surface area contributed by atoms with Gasteiger partial charge in [-0.05, 0) is 29.8 Å². The van der Waals surface area contributed by atoms with E-state index >= 15 is 0 Å². The number of aliphatic hydroxyl groups is 1. The van der Waals surface area contributed by atoms with Gasteiger partial charge in [0.25, 0.3) is 0 Å². The number of aliphatic hydroxyl groups excluding tert-OH is 1. The van der Waals surface area contributed by atoms with Crippen molar-refractivity contribution >= 4 is 11.6 Å². The van der Waals surface area contributed by atoms with Crippen molar-refractivity contribution in [1.29, 1.82) is 0 Å². The number of hydrogen-bond donors (Lipinski definition) is 1. The average Bonchev–Trinajstić information content (AvgIpc) is 2.57. The van der Waals surface area contributed by atoms with E-state index in [1.807, 2.05) is 0 Å². The van der Waals surface area contributed by atoms with Crippen LogP contribution in [0.15, 0.2) is 48.5 Å². The van der Waals surface area contributed by atoms with Crippen molar-refractivity contribution in [2.45, 2.75) is 12.5 Å². The number of rotatable bonds is 3. The van der Waals surface area contributed by atoms with Gasteiger partial charge >= 0.3 is 0 Å². The van der Waals surface area contributed by atoms with Gasteiger partial charge in [0.1, 0.15) is 5.75 Å². The summed E-state index contributed by atoms with van der Waals surface area (Å²) in [6, 6.07) is 13.6. The number of ether oxygens (including phenoxy) is 1. The Morgan fingerprint density at radius 2 is 1.82 bits per heavy atom. The molecule has 0 heterocycles. The second-order valence-corrected chi connectivity index (χ2v) is 5.36. The predicted octanol–water partition coefficient (Wildman–Crippen LogP) is 2.81. The monoisotopic (exact) mass is 296 g/mol. The number of hydrogen-bond acceptors (Lipinski definition) is 4. The Kier molecular flexibility index (Phi) is 3.77. The summed E-state index contributed by atoms with van der Waals surface area (Å²) in [4.78, 5) is 24.8. The molecule has 0 saturated carbocycles. The standard InChI is InChI=1S/C18H16O4/c1-22-12-8-6-11(7-9-12)17(20)15-10-16(19)13-4-2-3-5-14(13)18(15)21/h2-9,15,18,21H,10H2,1H3/t15-,18+/m1/s1. The Morgan fingerprint density at radius 3 is 2.50 bits per heavy atom. The predicted molar refractivity (Wildman–Crippen MR) is 81.2 cm³/mol. The van der Waals surface area contributed by atoms with Crippen LogP contribution < -0.4 is 4.74 Å². The molecule has 1 N–H and O–H groups in total. The summed E-state index contributed by atoms with van der Waals surface area (Å²) < 4.78 is 5.06. The highest BCUT2D eigenvalue weighted by Crippen LogP contribution is 2.36. The topological polar surface area (TPSA) is 63.6 Å². The first-order chi connectivity index (χ1) is 10.6. The third-order valence-electron chi connectivity index (χ3n) is 4.08. The van der Waals surface area contributed by atoms with E-state index in [0.717, 1.165) is 0 Å². The Bertz CT molecular complexity index is 718. The molecule has 2 aromatic rings. The lowest BCUT2D eigenvalue weighted by atomic mass is 9.77. The summed E-state index contributed by atoms with van der Waals surface area (Å²) in [5.41, 5.74) is 1.51. The molecule has 2 aromatic carbocycles. The van der Waals surface area contributed by atoms with Crippen LogP contribution in [-0.4, -0.2) is 23.8 Å². The van der Waals surface area contributed by atoms with Crippen LogP contribution in [0.25, 0.3) is 0 Å². The van der Waals surface area contributed by atoms with Crippen molar-refractivity contribution in [3.63, 3.8) is 0 Å². The highest BCUT2D eigenvalue weighted by molar-refractivity contribution is 6.06. The lowest BCUT2D eigenvalue weighted by Crippen LogP contribution is -2.31. The molecule has 0 radical (unpaired) electrons. The minimum Gasteiger partial charge on any atom is -0.497 e. The summed E-state index contributed by atoms with van der Waals surface area (Å²) in [5.74, 6) is -0.413. The molecule has 4 nitrogen and oxygen atoms in total. The molecule has 0 fully saturated rings. The third kappa shape index (κ3) is 2.42. The molecule has 22 heavy (non-hydrogen) atoms. The van der Waals surface area contributed by atoms with Gasteiger partial charge in [0.15, 0.2) is 11.6 Å². The molecule has 1 aliphatic rings. The summed E-state index contributed by atoms with van der Waals surface area (Å²) in [7, 11) is 1.55. The molecule has 3 rings (SSSR count). The van der Waals surface area contributed by atoms with Gasteiger partial charge in [-0.2, -0.15) is 0 Å². The molecule has 1 aliphatic carbocycles. The molecular weight excluding hydrogens is 280 g/mol. The molecule has 2 atom stereocenters. The Labute approximate surface area is 128 Å². The van der Waals surface area contributed by atoms with Gasteiger partial charge in [0.2, 0.25) is 0 Å². The largest absolute Gasteiger partial charge is 0.497 e. The molecule has 0 saturated heterocycles. The molecule has 0 aromatic heterocycles. The van der Waals surface area contributed by atoms with Gasteiger partial charge < -0.3 is 9.84 Å².